The van der Waals surface area contributed by atoms with Gasteiger partial charge in [0.25, 0.3) is 0 Å². The molecule has 140 valence electrons. The summed E-state index contributed by atoms with van der Waals surface area (Å²) in [6.45, 7) is 2.82. The number of ether oxygens (including phenoxy) is 1. The lowest BCUT2D eigenvalue weighted by molar-refractivity contribution is 0.310. The zero-order valence-corrected chi connectivity index (χ0v) is 16.5. The molecule has 0 saturated heterocycles. The van der Waals surface area contributed by atoms with E-state index in [0.29, 0.717) is 25.3 Å². The highest BCUT2D eigenvalue weighted by atomic mass is 35.5. The highest BCUT2D eigenvalue weighted by Crippen LogP contribution is 2.28. The van der Waals surface area contributed by atoms with E-state index in [1.54, 1.807) is 24.3 Å². The molecule has 2 rings (SSSR count). The van der Waals surface area contributed by atoms with Crippen LogP contribution in [0.25, 0.3) is 0 Å². The maximum absolute atomic E-state index is 12.4. The second-order valence-electron chi connectivity index (χ2n) is 5.44. The average Bonchev–Trinajstić information content (AvgIpc) is 2.53. The first-order valence-electron chi connectivity index (χ1n) is 7.75. The molecule has 0 aliphatic carbocycles. The molecule has 6 nitrogen and oxygen atoms in total. The van der Waals surface area contributed by atoms with Crippen LogP contribution in [0.1, 0.15) is 12.0 Å². The Morgan fingerprint density at radius 1 is 1.23 bits per heavy atom. The molecule has 0 unspecified atom stereocenters. The Morgan fingerprint density at radius 2 is 1.92 bits per heavy atom. The third-order valence-electron chi connectivity index (χ3n) is 3.23. The topological polar surface area (TPSA) is 90.7 Å². The van der Waals surface area contributed by atoms with Gasteiger partial charge in [0.1, 0.15) is 16.4 Å². The van der Waals surface area contributed by atoms with Gasteiger partial charge >= 0.3 is 10.1 Å². The summed E-state index contributed by atoms with van der Waals surface area (Å²) >= 11 is 10.7. The minimum atomic E-state index is -4.04. The second kappa shape index (κ2) is 9.07. The van der Waals surface area contributed by atoms with Gasteiger partial charge in [-0.05, 0) is 55.4 Å². The normalized spacial score (nSPS) is 11.0. The van der Waals surface area contributed by atoms with Gasteiger partial charge in [-0.15, -0.1) is 0 Å². The third-order valence-corrected chi connectivity index (χ3v) is 5.12. The predicted octanol–water partition coefficient (Wildman–Crippen LogP) is 3.02. The summed E-state index contributed by atoms with van der Waals surface area (Å²) in [7, 11) is -4.04. The minimum Gasteiger partial charge on any atom is -0.493 e. The van der Waals surface area contributed by atoms with Crippen LogP contribution in [0.3, 0.4) is 0 Å². The maximum Gasteiger partial charge on any atom is 0.340 e. The van der Waals surface area contributed by atoms with Gasteiger partial charge < -0.3 is 20.0 Å². The van der Waals surface area contributed by atoms with Crippen molar-refractivity contribution in [3.63, 3.8) is 0 Å². The lowest BCUT2D eigenvalue weighted by atomic mass is 10.2. The van der Waals surface area contributed by atoms with E-state index < -0.39 is 10.1 Å². The van der Waals surface area contributed by atoms with Gasteiger partial charge in [0.05, 0.1) is 11.6 Å². The molecular weight excluding hydrogens is 396 g/mol. The molecule has 2 aromatic rings. The van der Waals surface area contributed by atoms with Crippen molar-refractivity contribution in [1.82, 2.24) is 5.32 Å². The van der Waals surface area contributed by atoms with Gasteiger partial charge in [-0.1, -0.05) is 23.7 Å². The molecule has 0 atom stereocenters. The van der Waals surface area contributed by atoms with Gasteiger partial charge in [0.15, 0.2) is 5.11 Å². The van der Waals surface area contributed by atoms with Crippen LogP contribution in [0.5, 0.6) is 11.5 Å². The first kappa shape index (κ1) is 20.3. The minimum absolute atomic E-state index is 0.0885. The number of hydrogen-bond donors (Lipinski definition) is 2. The molecule has 0 spiro atoms. The van der Waals surface area contributed by atoms with E-state index in [1.165, 1.54) is 18.2 Å². The van der Waals surface area contributed by atoms with Crippen molar-refractivity contribution in [3.05, 3.63) is 53.1 Å². The fraction of sp³-hybridized carbons (Fsp3) is 0.235. The van der Waals surface area contributed by atoms with E-state index >= 15 is 0 Å². The monoisotopic (exact) mass is 414 g/mol. The van der Waals surface area contributed by atoms with Gasteiger partial charge in [-0.2, -0.15) is 8.42 Å². The molecular formula is C17H19ClN2O4S2. The predicted molar refractivity (Wildman–Crippen MR) is 105 cm³/mol. The number of hydrogen-bond acceptors (Lipinski definition) is 5. The molecule has 0 heterocycles. The highest BCUT2D eigenvalue weighted by molar-refractivity contribution is 7.87. The molecule has 0 fully saturated rings. The first-order chi connectivity index (χ1) is 12.3. The zero-order chi connectivity index (χ0) is 19.2. The van der Waals surface area contributed by atoms with Crippen LogP contribution in [-0.4, -0.2) is 26.7 Å². The van der Waals surface area contributed by atoms with E-state index in [0.717, 1.165) is 5.56 Å². The Bertz CT molecular complexity index is 888. The van der Waals surface area contributed by atoms with Crippen LogP contribution >= 0.6 is 23.8 Å². The summed E-state index contributed by atoms with van der Waals surface area (Å²) in [5, 5.41) is 3.16. The summed E-state index contributed by atoms with van der Waals surface area (Å²) in [4.78, 5) is -0.0885. The summed E-state index contributed by atoms with van der Waals surface area (Å²) in [5.74, 6) is 0.658. The Hall–Kier alpha value is -2.03. The van der Waals surface area contributed by atoms with E-state index in [2.05, 4.69) is 5.32 Å². The van der Waals surface area contributed by atoms with Gasteiger partial charge in [0.2, 0.25) is 0 Å². The van der Waals surface area contributed by atoms with Crippen LogP contribution in [0.15, 0.2) is 47.4 Å². The Balaban J connectivity index is 2.07. The average molecular weight is 415 g/mol. The van der Waals surface area contributed by atoms with Gasteiger partial charge in [-0.25, -0.2) is 0 Å². The molecule has 26 heavy (non-hydrogen) atoms. The van der Waals surface area contributed by atoms with E-state index in [-0.39, 0.29) is 20.8 Å². The van der Waals surface area contributed by atoms with Crippen LogP contribution in [0.2, 0.25) is 5.02 Å². The molecule has 0 aliphatic heterocycles. The maximum atomic E-state index is 12.4. The van der Waals surface area contributed by atoms with Crippen LogP contribution in [0, 0.1) is 6.92 Å². The number of rotatable bonds is 8. The van der Waals surface area contributed by atoms with Gasteiger partial charge in [0, 0.05) is 12.6 Å². The molecule has 3 N–H and O–H groups in total. The zero-order valence-electron chi connectivity index (χ0n) is 14.1. The number of nitrogens with one attached hydrogen (secondary N) is 1. The van der Waals surface area contributed by atoms with Crippen molar-refractivity contribution in [2.45, 2.75) is 18.2 Å². The number of aryl methyl sites for hydroxylation is 1. The van der Waals surface area contributed by atoms with Crippen LogP contribution in [-0.2, 0) is 10.1 Å². The standard InChI is InChI=1S/C17H19ClN2O4S2/c1-12-9-13(23-8-4-7-20-17(19)25)11-14(10-12)24-26(21,22)16-6-3-2-5-15(16)18/h2-3,5-6,9-11H,4,7-8H2,1H3,(H3,19,20,25). The van der Waals surface area contributed by atoms with Crippen molar-refractivity contribution < 1.29 is 17.3 Å². The van der Waals surface area contributed by atoms with Crippen molar-refractivity contribution in [2.75, 3.05) is 13.2 Å². The number of nitrogens with two attached hydrogens (primary N) is 1. The van der Waals surface area contributed by atoms with Crippen molar-refractivity contribution >= 4 is 39.0 Å². The Labute approximate surface area is 163 Å². The lowest BCUT2D eigenvalue weighted by Crippen LogP contribution is -2.30. The Kier molecular flexibility index (Phi) is 7.07. The number of halogens is 1. The van der Waals surface area contributed by atoms with E-state index in [4.69, 9.17) is 38.5 Å². The molecule has 0 radical (unpaired) electrons. The van der Waals surface area contributed by atoms with Crippen LogP contribution in [0.4, 0.5) is 0 Å². The second-order valence-corrected chi connectivity index (χ2v) is 7.80. The van der Waals surface area contributed by atoms with Crippen molar-refractivity contribution in [3.8, 4) is 11.5 Å². The highest BCUT2D eigenvalue weighted by Gasteiger charge is 2.20. The fourth-order valence-corrected chi connectivity index (χ4v) is 3.65. The molecule has 0 aromatic heterocycles. The van der Waals surface area contributed by atoms with Crippen LogP contribution < -0.4 is 20.0 Å². The molecule has 9 heteroatoms. The smallest absolute Gasteiger partial charge is 0.340 e. The lowest BCUT2D eigenvalue weighted by Gasteiger charge is -2.12. The van der Waals surface area contributed by atoms with Crippen molar-refractivity contribution in [1.29, 1.82) is 0 Å². The third kappa shape index (κ3) is 6.05. The summed E-state index contributed by atoms with van der Waals surface area (Å²) in [6.07, 6.45) is 0.680. The quantitative estimate of drug-likeness (QED) is 0.389. The molecule has 0 aliphatic rings. The largest absolute Gasteiger partial charge is 0.493 e. The summed E-state index contributed by atoms with van der Waals surface area (Å²) < 4.78 is 35.7. The summed E-state index contributed by atoms with van der Waals surface area (Å²) in [5.41, 5.74) is 6.14. The Morgan fingerprint density at radius 3 is 2.62 bits per heavy atom. The summed E-state index contributed by atoms with van der Waals surface area (Å²) in [6, 6.07) is 11.0. The number of thiocarbonyl (C=S) groups is 1. The van der Waals surface area contributed by atoms with E-state index in [9.17, 15) is 8.42 Å². The number of benzene rings is 2. The molecule has 2 aromatic carbocycles. The van der Waals surface area contributed by atoms with Crippen molar-refractivity contribution in [2.24, 2.45) is 5.73 Å². The fourth-order valence-electron chi connectivity index (χ4n) is 2.14. The van der Waals surface area contributed by atoms with E-state index in [1.807, 2.05) is 6.92 Å². The SMILES string of the molecule is Cc1cc(OCCCNC(N)=S)cc(OS(=O)(=O)c2ccccc2Cl)c1. The molecule has 0 saturated carbocycles. The molecule has 0 bridgehead atoms. The van der Waals surface area contributed by atoms with Gasteiger partial charge in [-0.3, -0.25) is 0 Å². The molecule has 0 amide bonds. The first-order valence-corrected chi connectivity index (χ1v) is 9.94.